The third kappa shape index (κ3) is 3.58. The number of benzene rings is 2. The van der Waals surface area contributed by atoms with E-state index < -0.39 is 10.0 Å². The van der Waals surface area contributed by atoms with Gasteiger partial charge in [-0.2, -0.15) is 0 Å². The zero-order valence-electron chi connectivity index (χ0n) is 11.8. The van der Waals surface area contributed by atoms with Crippen LogP contribution in [-0.2, 0) is 16.6 Å². The van der Waals surface area contributed by atoms with E-state index in [0.29, 0.717) is 10.6 Å². The molecule has 6 nitrogen and oxygen atoms in total. The topological polar surface area (TPSA) is 85.1 Å². The molecule has 23 heavy (non-hydrogen) atoms. The highest BCUT2D eigenvalue weighted by Crippen LogP contribution is 2.26. The zero-order chi connectivity index (χ0) is 16.3. The Morgan fingerprint density at radius 3 is 2.43 bits per heavy atom. The highest BCUT2D eigenvalue weighted by Gasteiger charge is 2.16. The number of rotatable bonds is 5. The summed E-state index contributed by atoms with van der Waals surface area (Å²) in [5.41, 5.74) is 0.596. The van der Waals surface area contributed by atoms with Gasteiger partial charge in [-0.1, -0.05) is 41.9 Å². The van der Waals surface area contributed by atoms with Gasteiger partial charge in [0.05, 0.1) is 22.0 Å². The lowest BCUT2D eigenvalue weighted by molar-refractivity contribution is 0.494. The molecule has 1 heterocycles. The van der Waals surface area contributed by atoms with Gasteiger partial charge >= 0.3 is 0 Å². The van der Waals surface area contributed by atoms with E-state index in [1.54, 1.807) is 42.5 Å². The van der Waals surface area contributed by atoms with Gasteiger partial charge in [0, 0.05) is 0 Å². The van der Waals surface area contributed by atoms with E-state index in [4.69, 9.17) is 16.0 Å². The van der Waals surface area contributed by atoms with Crippen LogP contribution in [0.25, 0.3) is 11.5 Å². The number of hydrogen-bond acceptors (Lipinski definition) is 5. The second kappa shape index (κ2) is 6.49. The molecule has 1 N–H and O–H groups in total. The summed E-state index contributed by atoms with van der Waals surface area (Å²) >= 11 is 6.06. The van der Waals surface area contributed by atoms with Crippen molar-refractivity contribution in [2.45, 2.75) is 11.4 Å². The average Bonchev–Trinajstić information content (AvgIpc) is 3.03. The van der Waals surface area contributed by atoms with Crippen LogP contribution in [0.4, 0.5) is 0 Å². The summed E-state index contributed by atoms with van der Waals surface area (Å²) < 4.78 is 32.1. The van der Waals surface area contributed by atoms with Crippen LogP contribution < -0.4 is 4.72 Å². The molecule has 0 radical (unpaired) electrons. The van der Waals surface area contributed by atoms with Crippen molar-refractivity contribution in [2.75, 3.05) is 0 Å². The Bertz CT molecular complexity index is 910. The number of aromatic nitrogens is 2. The minimum Gasteiger partial charge on any atom is -0.419 e. The van der Waals surface area contributed by atoms with E-state index in [-0.39, 0.29) is 23.2 Å². The summed E-state index contributed by atoms with van der Waals surface area (Å²) in [6.07, 6.45) is 0. The molecule has 1 aromatic heterocycles. The largest absolute Gasteiger partial charge is 0.419 e. The molecule has 2 aromatic carbocycles. The van der Waals surface area contributed by atoms with Gasteiger partial charge < -0.3 is 4.42 Å². The van der Waals surface area contributed by atoms with E-state index in [2.05, 4.69) is 14.9 Å². The van der Waals surface area contributed by atoms with Crippen molar-refractivity contribution in [3.05, 3.63) is 65.5 Å². The molecule has 0 aliphatic heterocycles. The quantitative estimate of drug-likeness (QED) is 0.765. The van der Waals surface area contributed by atoms with Crippen molar-refractivity contribution < 1.29 is 12.8 Å². The Hall–Kier alpha value is -2.22. The molecular weight excluding hydrogens is 338 g/mol. The molecule has 8 heteroatoms. The molecular formula is C15H12ClN3O3S. The molecule has 0 spiro atoms. The summed E-state index contributed by atoms with van der Waals surface area (Å²) in [5, 5.41) is 8.19. The highest BCUT2D eigenvalue weighted by atomic mass is 35.5. The molecule has 0 bridgehead atoms. The van der Waals surface area contributed by atoms with Crippen LogP contribution in [0.5, 0.6) is 0 Å². The molecule has 0 amide bonds. The molecule has 0 saturated carbocycles. The Labute approximate surface area is 138 Å². The van der Waals surface area contributed by atoms with Gasteiger partial charge in [0.2, 0.25) is 21.8 Å². The highest BCUT2D eigenvalue weighted by molar-refractivity contribution is 7.89. The van der Waals surface area contributed by atoms with E-state index in [9.17, 15) is 8.42 Å². The maximum Gasteiger partial charge on any atom is 0.249 e. The first kappa shape index (κ1) is 15.7. The lowest BCUT2D eigenvalue weighted by Crippen LogP contribution is -2.23. The van der Waals surface area contributed by atoms with Gasteiger partial charge in [0.1, 0.15) is 0 Å². The summed E-state index contributed by atoms with van der Waals surface area (Å²) in [4.78, 5) is 0.172. The van der Waals surface area contributed by atoms with Crippen molar-refractivity contribution in [3.63, 3.8) is 0 Å². The Morgan fingerprint density at radius 2 is 1.70 bits per heavy atom. The number of nitrogens with one attached hydrogen (secondary N) is 1. The smallest absolute Gasteiger partial charge is 0.249 e. The molecule has 0 aliphatic rings. The monoisotopic (exact) mass is 349 g/mol. The van der Waals surface area contributed by atoms with E-state index >= 15 is 0 Å². The van der Waals surface area contributed by atoms with Crippen molar-refractivity contribution in [1.82, 2.24) is 14.9 Å². The third-order valence-corrected chi connectivity index (χ3v) is 4.78. The van der Waals surface area contributed by atoms with Gasteiger partial charge in [0.15, 0.2) is 0 Å². The summed E-state index contributed by atoms with van der Waals surface area (Å²) in [6.45, 7) is -0.102. The third-order valence-electron chi connectivity index (χ3n) is 3.04. The van der Waals surface area contributed by atoms with Crippen LogP contribution in [0.15, 0.2) is 63.9 Å². The number of halogens is 1. The molecule has 0 unspecified atom stereocenters. The molecule has 0 saturated heterocycles. The van der Waals surface area contributed by atoms with Crippen molar-refractivity contribution in [1.29, 1.82) is 0 Å². The van der Waals surface area contributed by atoms with E-state index in [0.717, 1.165) is 0 Å². The summed E-state index contributed by atoms with van der Waals surface area (Å²) in [7, 11) is -3.63. The number of nitrogens with zero attached hydrogens (tertiary/aromatic N) is 2. The Kier molecular flexibility index (Phi) is 4.42. The first-order valence-electron chi connectivity index (χ1n) is 6.68. The first-order valence-corrected chi connectivity index (χ1v) is 8.54. The van der Waals surface area contributed by atoms with Gasteiger partial charge in [0.25, 0.3) is 0 Å². The van der Waals surface area contributed by atoms with Crippen LogP contribution in [0.2, 0.25) is 5.02 Å². The zero-order valence-corrected chi connectivity index (χ0v) is 13.4. The SMILES string of the molecule is O=S(=O)(NCc1nnc(-c2ccccc2Cl)o1)c1ccccc1. The van der Waals surface area contributed by atoms with Crippen LogP contribution in [-0.4, -0.2) is 18.6 Å². The van der Waals surface area contributed by atoms with Crippen molar-refractivity contribution in [3.8, 4) is 11.5 Å². The predicted molar refractivity (Wildman–Crippen MR) is 85.2 cm³/mol. The normalized spacial score (nSPS) is 11.5. The van der Waals surface area contributed by atoms with Crippen LogP contribution in [0.1, 0.15) is 5.89 Å². The molecule has 3 rings (SSSR count). The fourth-order valence-corrected chi connectivity index (χ4v) is 3.12. The van der Waals surface area contributed by atoms with Gasteiger partial charge in [-0.25, -0.2) is 13.1 Å². The Balaban J connectivity index is 1.74. The summed E-state index contributed by atoms with van der Waals surface area (Å²) in [6, 6.07) is 15.1. The lowest BCUT2D eigenvalue weighted by Gasteiger charge is -2.03. The van der Waals surface area contributed by atoms with Crippen LogP contribution in [0.3, 0.4) is 0 Å². The second-order valence-electron chi connectivity index (χ2n) is 4.62. The van der Waals surface area contributed by atoms with Gasteiger partial charge in [-0.05, 0) is 24.3 Å². The fraction of sp³-hybridized carbons (Fsp3) is 0.0667. The second-order valence-corrected chi connectivity index (χ2v) is 6.79. The molecule has 0 atom stereocenters. The van der Waals surface area contributed by atoms with Crippen molar-refractivity contribution >= 4 is 21.6 Å². The lowest BCUT2D eigenvalue weighted by atomic mass is 10.2. The minimum atomic E-state index is -3.63. The standard InChI is InChI=1S/C15H12ClN3O3S/c16-13-9-5-4-8-12(13)15-19-18-14(22-15)10-17-23(20,21)11-6-2-1-3-7-11/h1-9,17H,10H2. The first-order chi connectivity index (χ1) is 11.1. The van der Waals surface area contributed by atoms with Crippen molar-refractivity contribution in [2.24, 2.45) is 0 Å². The average molecular weight is 350 g/mol. The van der Waals surface area contributed by atoms with Crippen LogP contribution >= 0.6 is 11.6 Å². The summed E-state index contributed by atoms with van der Waals surface area (Å²) in [5.74, 6) is 0.393. The van der Waals surface area contributed by atoms with Gasteiger partial charge in [-0.3, -0.25) is 0 Å². The number of hydrogen-bond donors (Lipinski definition) is 1. The maximum absolute atomic E-state index is 12.1. The van der Waals surface area contributed by atoms with E-state index in [1.165, 1.54) is 12.1 Å². The fourth-order valence-electron chi connectivity index (χ4n) is 1.91. The van der Waals surface area contributed by atoms with E-state index in [1.807, 2.05) is 0 Å². The number of sulfonamides is 1. The van der Waals surface area contributed by atoms with Crippen LogP contribution in [0, 0.1) is 0 Å². The molecule has 0 aliphatic carbocycles. The maximum atomic E-state index is 12.1. The molecule has 0 fully saturated rings. The predicted octanol–water partition coefficient (Wildman–Crippen LogP) is 2.87. The Morgan fingerprint density at radius 1 is 1.00 bits per heavy atom. The molecule has 118 valence electrons. The molecule has 3 aromatic rings. The minimum absolute atomic E-state index is 0.102. The van der Waals surface area contributed by atoms with Gasteiger partial charge in [-0.15, -0.1) is 10.2 Å².